The Morgan fingerprint density at radius 1 is 1.15 bits per heavy atom. The van der Waals surface area contributed by atoms with Gasteiger partial charge in [-0.1, -0.05) is 24.3 Å². The van der Waals surface area contributed by atoms with Crippen LogP contribution in [0.2, 0.25) is 0 Å². The van der Waals surface area contributed by atoms with Gasteiger partial charge in [-0.15, -0.1) is 0 Å². The number of methoxy groups -OCH3 is 1. The van der Waals surface area contributed by atoms with Gasteiger partial charge in [0.25, 0.3) is 5.91 Å². The molecule has 3 rings (SSSR count). The summed E-state index contributed by atoms with van der Waals surface area (Å²) in [6, 6.07) is 15.1. The number of para-hydroxylation sites is 3. The van der Waals surface area contributed by atoms with Crippen LogP contribution in [0.5, 0.6) is 5.75 Å². The molecule has 1 N–H and O–H groups in total. The van der Waals surface area contributed by atoms with Crippen molar-refractivity contribution in [2.75, 3.05) is 20.3 Å². The highest BCUT2D eigenvalue weighted by atomic mass is 16.5. The lowest BCUT2D eigenvalue weighted by atomic mass is 10.2. The van der Waals surface area contributed by atoms with Crippen molar-refractivity contribution in [3.05, 3.63) is 59.9 Å². The largest absolute Gasteiger partial charge is 0.496 e. The Labute approximate surface area is 152 Å². The number of carbonyl (C=O) groups excluding carboxylic acids is 1. The molecule has 1 heterocycles. The molecular weight excluding hydrogens is 330 g/mol. The Bertz CT molecular complexity index is 889. The average molecular weight is 353 g/mol. The van der Waals surface area contributed by atoms with Crippen LogP contribution in [0, 0.1) is 0 Å². The Morgan fingerprint density at radius 2 is 1.92 bits per heavy atom. The van der Waals surface area contributed by atoms with Crippen molar-refractivity contribution in [3.8, 4) is 5.75 Å². The van der Waals surface area contributed by atoms with Crippen LogP contribution < -0.4 is 10.1 Å². The summed E-state index contributed by atoms with van der Waals surface area (Å²) in [5, 5.41) is 2.94. The van der Waals surface area contributed by atoms with E-state index in [2.05, 4.69) is 14.9 Å². The van der Waals surface area contributed by atoms with Gasteiger partial charge in [-0.05, 0) is 31.2 Å². The summed E-state index contributed by atoms with van der Waals surface area (Å²) >= 11 is 0. The number of benzene rings is 2. The zero-order chi connectivity index (χ0) is 18.4. The van der Waals surface area contributed by atoms with Crippen molar-refractivity contribution < 1.29 is 14.3 Å². The van der Waals surface area contributed by atoms with Gasteiger partial charge in [0, 0.05) is 13.2 Å². The van der Waals surface area contributed by atoms with E-state index in [0.717, 1.165) is 16.9 Å². The Balaban J connectivity index is 1.79. The van der Waals surface area contributed by atoms with Crippen molar-refractivity contribution in [2.45, 2.75) is 20.0 Å². The van der Waals surface area contributed by atoms with Crippen molar-refractivity contribution in [1.82, 2.24) is 14.9 Å². The van der Waals surface area contributed by atoms with E-state index in [1.807, 2.05) is 43.3 Å². The molecule has 0 unspecified atom stereocenters. The predicted molar refractivity (Wildman–Crippen MR) is 100 cm³/mol. The molecule has 0 radical (unpaired) electrons. The second-order valence-corrected chi connectivity index (χ2v) is 5.75. The average Bonchev–Trinajstić information content (AvgIpc) is 3.04. The first-order valence-electron chi connectivity index (χ1n) is 8.67. The van der Waals surface area contributed by atoms with Crippen LogP contribution in [0.15, 0.2) is 48.5 Å². The topological polar surface area (TPSA) is 65.4 Å². The fourth-order valence-electron chi connectivity index (χ4n) is 2.90. The van der Waals surface area contributed by atoms with Crippen LogP contribution in [-0.4, -0.2) is 35.8 Å². The van der Waals surface area contributed by atoms with E-state index in [4.69, 9.17) is 9.47 Å². The van der Waals surface area contributed by atoms with Crippen LogP contribution >= 0.6 is 0 Å². The molecule has 3 aromatic rings. The normalized spacial score (nSPS) is 10.8. The highest BCUT2D eigenvalue weighted by Crippen LogP contribution is 2.18. The van der Waals surface area contributed by atoms with Crippen molar-refractivity contribution in [3.63, 3.8) is 0 Å². The first-order chi connectivity index (χ1) is 12.7. The molecule has 0 bridgehead atoms. The SMILES string of the molecule is CCOCCn1c(CNC(=O)c2ccccc2OC)nc2ccccc21. The van der Waals surface area contributed by atoms with E-state index in [1.54, 1.807) is 19.2 Å². The van der Waals surface area contributed by atoms with Gasteiger partial charge in [-0.25, -0.2) is 4.98 Å². The number of fused-ring (bicyclic) bond motifs is 1. The van der Waals surface area contributed by atoms with Crippen LogP contribution in [0.25, 0.3) is 11.0 Å². The van der Waals surface area contributed by atoms with E-state index in [1.165, 1.54) is 0 Å². The van der Waals surface area contributed by atoms with Gasteiger partial charge >= 0.3 is 0 Å². The molecule has 6 heteroatoms. The second-order valence-electron chi connectivity index (χ2n) is 5.75. The third-order valence-electron chi connectivity index (χ3n) is 4.16. The molecule has 0 fully saturated rings. The maximum Gasteiger partial charge on any atom is 0.255 e. The second kappa shape index (κ2) is 8.49. The van der Waals surface area contributed by atoms with Gasteiger partial charge in [0.05, 0.1) is 36.9 Å². The maximum absolute atomic E-state index is 12.5. The number of hydrogen-bond acceptors (Lipinski definition) is 4. The molecular formula is C20H23N3O3. The number of rotatable bonds is 8. The number of carbonyl (C=O) groups is 1. The van der Waals surface area contributed by atoms with Crippen molar-refractivity contribution in [1.29, 1.82) is 0 Å². The van der Waals surface area contributed by atoms with Gasteiger partial charge in [0.1, 0.15) is 11.6 Å². The number of nitrogens with one attached hydrogen (secondary N) is 1. The molecule has 2 aromatic carbocycles. The number of amides is 1. The van der Waals surface area contributed by atoms with Gasteiger partial charge in [0.15, 0.2) is 0 Å². The third kappa shape index (κ3) is 3.86. The number of nitrogens with zero attached hydrogens (tertiary/aromatic N) is 2. The lowest BCUT2D eigenvalue weighted by molar-refractivity contribution is 0.0946. The van der Waals surface area contributed by atoms with Crippen molar-refractivity contribution >= 4 is 16.9 Å². The molecule has 0 atom stereocenters. The van der Waals surface area contributed by atoms with Crippen LogP contribution in [0.3, 0.4) is 0 Å². The minimum Gasteiger partial charge on any atom is -0.496 e. The summed E-state index contributed by atoms with van der Waals surface area (Å²) in [6.07, 6.45) is 0. The molecule has 1 amide bonds. The van der Waals surface area contributed by atoms with Crippen LogP contribution in [0.1, 0.15) is 23.1 Å². The van der Waals surface area contributed by atoms with E-state index in [-0.39, 0.29) is 5.91 Å². The summed E-state index contributed by atoms with van der Waals surface area (Å²) in [7, 11) is 1.55. The Hall–Kier alpha value is -2.86. The molecule has 0 saturated carbocycles. The fraction of sp³-hybridized carbons (Fsp3) is 0.300. The monoisotopic (exact) mass is 353 g/mol. The molecule has 26 heavy (non-hydrogen) atoms. The highest BCUT2D eigenvalue weighted by Gasteiger charge is 2.14. The summed E-state index contributed by atoms with van der Waals surface area (Å²) in [4.78, 5) is 17.2. The number of imidazole rings is 1. The first-order valence-corrected chi connectivity index (χ1v) is 8.67. The highest BCUT2D eigenvalue weighted by molar-refractivity contribution is 5.96. The van der Waals surface area contributed by atoms with E-state index >= 15 is 0 Å². The first kappa shape index (κ1) is 17.9. The Morgan fingerprint density at radius 3 is 2.73 bits per heavy atom. The standard InChI is InChI=1S/C20H23N3O3/c1-3-26-13-12-23-17-10-6-5-9-16(17)22-19(23)14-21-20(24)15-8-4-7-11-18(15)25-2/h4-11H,3,12-14H2,1-2H3,(H,21,24). The number of aromatic nitrogens is 2. The minimum absolute atomic E-state index is 0.189. The fourth-order valence-corrected chi connectivity index (χ4v) is 2.90. The molecule has 136 valence electrons. The maximum atomic E-state index is 12.5. The summed E-state index contributed by atoms with van der Waals surface area (Å²) in [6.45, 7) is 4.27. The summed E-state index contributed by atoms with van der Waals surface area (Å²) < 4.78 is 12.8. The van der Waals surface area contributed by atoms with Gasteiger partial charge in [-0.3, -0.25) is 4.79 Å². The number of ether oxygens (including phenoxy) is 2. The number of hydrogen-bond donors (Lipinski definition) is 1. The molecule has 6 nitrogen and oxygen atoms in total. The third-order valence-corrected chi connectivity index (χ3v) is 4.16. The zero-order valence-electron chi connectivity index (χ0n) is 15.1. The van der Waals surface area contributed by atoms with E-state index in [9.17, 15) is 4.79 Å². The summed E-state index contributed by atoms with van der Waals surface area (Å²) in [5.74, 6) is 1.16. The van der Waals surface area contributed by atoms with Crippen LogP contribution in [-0.2, 0) is 17.8 Å². The molecule has 0 aliphatic heterocycles. The molecule has 0 spiro atoms. The smallest absolute Gasteiger partial charge is 0.255 e. The molecule has 0 aliphatic rings. The van der Waals surface area contributed by atoms with E-state index in [0.29, 0.717) is 37.6 Å². The summed E-state index contributed by atoms with van der Waals surface area (Å²) in [5.41, 5.74) is 2.45. The zero-order valence-corrected chi connectivity index (χ0v) is 15.1. The van der Waals surface area contributed by atoms with Crippen LogP contribution in [0.4, 0.5) is 0 Å². The van der Waals surface area contributed by atoms with Gasteiger partial charge in [-0.2, -0.15) is 0 Å². The lowest BCUT2D eigenvalue weighted by Gasteiger charge is -2.11. The van der Waals surface area contributed by atoms with Crippen molar-refractivity contribution in [2.24, 2.45) is 0 Å². The molecule has 1 aromatic heterocycles. The molecule has 0 aliphatic carbocycles. The Kier molecular flexibility index (Phi) is 5.86. The quantitative estimate of drug-likeness (QED) is 0.632. The van der Waals surface area contributed by atoms with E-state index < -0.39 is 0 Å². The van der Waals surface area contributed by atoms with Gasteiger partial charge < -0.3 is 19.4 Å². The van der Waals surface area contributed by atoms with Gasteiger partial charge in [0.2, 0.25) is 0 Å². The predicted octanol–water partition coefficient (Wildman–Crippen LogP) is 3.01. The lowest BCUT2D eigenvalue weighted by Crippen LogP contribution is -2.25. The molecule has 0 saturated heterocycles. The minimum atomic E-state index is -0.189.